The molecule has 0 fully saturated rings. The van der Waals surface area contributed by atoms with E-state index < -0.39 is 5.97 Å². The molecule has 0 bridgehead atoms. The number of aromatic hydroxyl groups is 1. The molecule has 32 heavy (non-hydrogen) atoms. The molecule has 3 rings (SSSR count). The minimum atomic E-state index is -0.612. The zero-order chi connectivity index (χ0) is 22.8. The number of nitrogens with zero attached hydrogens (tertiary/aromatic N) is 1. The molecule has 1 aliphatic rings. The highest BCUT2D eigenvalue weighted by Crippen LogP contribution is 2.30. The van der Waals surface area contributed by atoms with E-state index in [2.05, 4.69) is 10.3 Å². The number of phenolic OH excluding ortho intramolecular Hbond substituents is 1. The van der Waals surface area contributed by atoms with Crippen LogP contribution in [0.15, 0.2) is 48.6 Å². The zero-order valence-electron chi connectivity index (χ0n) is 18.2. The molecule has 0 saturated carbocycles. The first kappa shape index (κ1) is 23.1. The van der Waals surface area contributed by atoms with Gasteiger partial charge in [-0.3, -0.25) is 4.79 Å². The molecule has 0 radical (unpaired) electrons. The molecule has 2 N–H and O–H groups in total. The Morgan fingerprint density at radius 2 is 2.00 bits per heavy atom. The molecule has 7 heteroatoms. The quantitative estimate of drug-likeness (QED) is 0.674. The predicted octanol–water partition coefficient (Wildman–Crippen LogP) is 4.32. The molecule has 7 nitrogen and oxygen atoms in total. The molecule has 1 aromatic carbocycles. The number of carbonyl (C=O) groups excluding carboxylic acids is 2. The van der Waals surface area contributed by atoms with Crippen LogP contribution < -0.4 is 10.1 Å². The normalized spacial score (nSPS) is 16.9. The second kappa shape index (κ2) is 11.7. The summed E-state index contributed by atoms with van der Waals surface area (Å²) in [5, 5.41) is 13.5. The number of rotatable bonds is 5. The van der Waals surface area contributed by atoms with E-state index in [4.69, 9.17) is 9.47 Å². The fraction of sp³-hybridized carbons (Fsp3) is 0.320. The van der Waals surface area contributed by atoms with Crippen LogP contribution in [0.1, 0.15) is 47.3 Å². The summed E-state index contributed by atoms with van der Waals surface area (Å²) in [6.07, 6.45) is 9.75. The first-order valence-corrected chi connectivity index (χ1v) is 10.7. The smallest absolute Gasteiger partial charge is 0.342 e. The number of ether oxygens (including phenoxy) is 2. The van der Waals surface area contributed by atoms with Crippen molar-refractivity contribution in [3.8, 4) is 11.5 Å². The number of ketones is 1. The number of hydrogen-bond acceptors (Lipinski definition) is 7. The summed E-state index contributed by atoms with van der Waals surface area (Å²) in [5.74, 6) is 0.485. The minimum Gasteiger partial charge on any atom is -0.507 e. The number of carbonyl (C=O) groups is 2. The average Bonchev–Trinajstić information content (AvgIpc) is 2.78. The van der Waals surface area contributed by atoms with Crippen LogP contribution in [-0.4, -0.2) is 42.1 Å². The summed E-state index contributed by atoms with van der Waals surface area (Å²) in [6, 6.07) is 8.86. The van der Waals surface area contributed by atoms with Crippen molar-refractivity contribution in [2.75, 3.05) is 25.6 Å². The first-order chi connectivity index (χ1) is 15.6. The molecule has 0 unspecified atom stereocenters. The molecular weight excluding hydrogens is 408 g/mol. The molecule has 2 heterocycles. The Kier molecular flexibility index (Phi) is 8.43. The molecule has 0 atom stereocenters. The Hall–Kier alpha value is -3.61. The monoisotopic (exact) mass is 436 g/mol. The van der Waals surface area contributed by atoms with E-state index in [1.807, 2.05) is 31.3 Å². The van der Waals surface area contributed by atoms with Gasteiger partial charge in [-0.15, -0.1) is 0 Å². The standard InChI is InChI=1S/C25H28N2O5/c1-26-23-12-7-9-19(27-23)13-15-31-21-16-18-8-3-2-4-10-20(28)11-5-6-14-32-25(30)24(18)22(29)17-21/h3,5,7-9,11-12,16-17,29H,2,4,6,10,13-15H2,1H3,(H,26,27)/b8-3+,11-5-. The van der Waals surface area contributed by atoms with Crippen LogP contribution in [0.2, 0.25) is 0 Å². The maximum absolute atomic E-state index is 12.6. The van der Waals surface area contributed by atoms with Crippen molar-refractivity contribution in [3.05, 3.63) is 65.4 Å². The molecular formula is C25H28N2O5. The third-order valence-corrected chi connectivity index (χ3v) is 4.93. The van der Waals surface area contributed by atoms with Crippen molar-refractivity contribution in [3.63, 3.8) is 0 Å². The van der Waals surface area contributed by atoms with Crippen LogP contribution in [-0.2, 0) is 16.0 Å². The topological polar surface area (TPSA) is 97.7 Å². The Bertz CT molecular complexity index is 1010. The van der Waals surface area contributed by atoms with Gasteiger partial charge in [-0.05, 0) is 49.1 Å². The number of allylic oxidation sites excluding steroid dienone is 2. The fourth-order valence-electron chi connectivity index (χ4n) is 3.28. The second-order valence-corrected chi connectivity index (χ2v) is 7.36. The van der Waals surface area contributed by atoms with Crippen LogP contribution >= 0.6 is 0 Å². The van der Waals surface area contributed by atoms with E-state index in [-0.39, 0.29) is 23.7 Å². The van der Waals surface area contributed by atoms with E-state index in [1.54, 1.807) is 18.2 Å². The first-order valence-electron chi connectivity index (χ1n) is 10.7. The lowest BCUT2D eigenvalue weighted by Gasteiger charge is -2.13. The Morgan fingerprint density at radius 3 is 2.84 bits per heavy atom. The molecule has 2 aromatic rings. The van der Waals surface area contributed by atoms with E-state index in [0.29, 0.717) is 50.0 Å². The predicted molar refractivity (Wildman–Crippen MR) is 123 cm³/mol. The van der Waals surface area contributed by atoms with Gasteiger partial charge in [0.1, 0.15) is 22.9 Å². The van der Waals surface area contributed by atoms with Gasteiger partial charge in [0.2, 0.25) is 0 Å². The highest BCUT2D eigenvalue weighted by atomic mass is 16.5. The number of pyridine rings is 1. The summed E-state index contributed by atoms with van der Waals surface area (Å²) < 4.78 is 11.1. The molecule has 168 valence electrons. The lowest BCUT2D eigenvalue weighted by atomic mass is 10.0. The van der Waals surface area contributed by atoms with Gasteiger partial charge in [0, 0.05) is 31.6 Å². The Balaban J connectivity index is 1.75. The van der Waals surface area contributed by atoms with Crippen molar-refractivity contribution in [1.82, 2.24) is 4.98 Å². The highest BCUT2D eigenvalue weighted by molar-refractivity contribution is 5.97. The summed E-state index contributed by atoms with van der Waals surface area (Å²) >= 11 is 0. The van der Waals surface area contributed by atoms with E-state index in [1.165, 1.54) is 12.1 Å². The van der Waals surface area contributed by atoms with Gasteiger partial charge in [-0.2, -0.15) is 0 Å². The van der Waals surface area contributed by atoms with Crippen LogP contribution in [0.5, 0.6) is 11.5 Å². The second-order valence-electron chi connectivity index (χ2n) is 7.36. The van der Waals surface area contributed by atoms with Gasteiger partial charge in [-0.1, -0.05) is 24.3 Å². The van der Waals surface area contributed by atoms with Gasteiger partial charge < -0.3 is 19.9 Å². The SMILES string of the molecule is CNc1cccc(CCOc2cc(O)c3c(c2)/C=C/CCCC(=O)/C=C\CCOC3=O)n1. The van der Waals surface area contributed by atoms with E-state index in [9.17, 15) is 14.7 Å². The number of fused-ring (bicyclic) bond motifs is 1. The number of benzene rings is 1. The van der Waals surface area contributed by atoms with Crippen LogP contribution in [0, 0.1) is 0 Å². The number of esters is 1. The Morgan fingerprint density at radius 1 is 1.16 bits per heavy atom. The molecule has 0 saturated heterocycles. The summed E-state index contributed by atoms with van der Waals surface area (Å²) in [5.41, 5.74) is 1.50. The average molecular weight is 437 g/mol. The maximum Gasteiger partial charge on any atom is 0.342 e. The van der Waals surface area contributed by atoms with Crippen molar-refractivity contribution < 1.29 is 24.2 Å². The van der Waals surface area contributed by atoms with Gasteiger partial charge >= 0.3 is 5.97 Å². The number of cyclic esters (lactones) is 1. The van der Waals surface area contributed by atoms with Crippen LogP contribution in [0.4, 0.5) is 5.82 Å². The number of anilines is 1. The lowest BCUT2D eigenvalue weighted by Crippen LogP contribution is -2.09. The van der Waals surface area contributed by atoms with Crippen LogP contribution in [0.25, 0.3) is 6.08 Å². The van der Waals surface area contributed by atoms with Crippen molar-refractivity contribution in [1.29, 1.82) is 0 Å². The molecule has 0 aliphatic carbocycles. The zero-order valence-corrected chi connectivity index (χ0v) is 18.2. The summed E-state index contributed by atoms with van der Waals surface area (Å²) in [6.45, 7) is 0.489. The van der Waals surface area contributed by atoms with E-state index in [0.717, 1.165) is 11.5 Å². The largest absolute Gasteiger partial charge is 0.507 e. The van der Waals surface area contributed by atoms with Crippen LogP contribution in [0.3, 0.4) is 0 Å². The summed E-state index contributed by atoms with van der Waals surface area (Å²) in [4.78, 5) is 28.8. The highest BCUT2D eigenvalue weighted by Gasteiger charge is 2.19. The third kappa shape index (κ3) is 6.70. The third-order valence-electron chi connectivity index (χ3n) is 4.93. The maximum atomic E-state index is 12.6. The molecule has 0 spiro atoms. The van der Waals surface area contributed by atoms with Crippen molar-refractivity contribution in [2.45, 2.75) is 32.1 Å². The Labute approximate surface area is 187 Å². The molecule has 1 aromatic heterocycles. The van der Waals surface area contributed by atoms with Gasteiger partial charge in [0.05, 0.1) is 13.2 Å². The minimum absolute atomic E-state index is 0.0604. The van der Waals surface area contributed by atoms with Gasteiger partial charge in [0.15, 0.2) is 5.78 Å². The van der Waals surface area contributed by atoms with Gasteiger partial charge in [0.25, 0.3) is 0 Å². The van der Waals surface area contributed by atoms with Crippen molar-refractivity contribution in [2.24, 2.45) is 0 Å². The molecule has 1 aliphatic heterocycles. The number of nitrogens with one attached hydrogen (secondary N) is 1. The number of phenols is 1. The number of hydrogen-bond donors (Lipinski definition) is 2. The van der Waals surface area contributed by atoms with Crippen molar-refractivity contribution >= 4 is 23.6 Å². The van der Waals surface area contributed by atoms with E-state index >= 15 is 0 Å². The van der Waals surface area contributed by atoms with Gasteiger partial charge in [-0.25, -0.2) is 9.78 Å². The summed E-state index contributed by atoms with van der Waals surface area (Å²) in [7, 11) is 1.81. The lowest BCUT2D eigenvalue weighted by molar-refractivity contribution is -0.114. The number of aromatic nitrogens is 1. The molecule has 0 amide bonds. The fourth-order valence-corrected chi connectivity index (χ4v) is 3.28.